The number of nitro groups is 1. The lowest BCUT2D eigenvalue weighted by atomic mass is 10.0. The monoisotopic (exact) mass is 419 g/mol. The van der Waals surface area contributed by atoms with Gasteiger partial charge < -0.3 is 9.88 Å². The Morgan fingerprint density at radius 1 is 1.23 bits per heavy atom. The summed E-state index contributed by atoms with van der Waals surface area (Å²) in [6.07, 6.45) is 3.19. The maximum atomic E-state index is 12.7. The van der Waals surface area contributed by atoms with E-state index in [1.165, 1.54) is 17.8 Å². The Morgan fingerprint density at radius 2 is 2.00 bits per heavy atom. The number of ketones is 1. The highest BCUT2D eigenvalue weighted by molar-refractivity contribution is 6.07. The van der Waals surface area contributed by atoms with Crippen molar-refractivity contribution < 1.29 is 9.72 Å². The van der Waals surface area contributed by atoms with Gasteiger partial charge in [0.25, 0.3) is 5.69 Å². The maximum absolute atomic E-state index is 12.7. The molecule has 1 aliphatic rings. The van der Waals surface area contributed by atoms with Gasteiger partial charge in [0.05, 0.1) is 4.92 Å². The Labute approximate surface area is 180 Å². The smallest absolute Gasteiger partial charge is 0.293 e. The third-order valence-electron chi connectivity index (χ3n) is 5.76. The number of benzene rings is 2. The second-order valence-corrected chi connectivity index (χ2v) is 8.09. The number of carbonyl (C=O) groups excluding carboxylic acids is 1. The van der Waals surface area contributed by atoms with E-state index in [0.717, 1.165) is 19.6 Å². The molecule has 1 N–H and O–H groups in total. The van der Waals surface area contributed by atoms with E-state index in [2.05, 4.69) is 34.3 Å². The van der Waals surface area contributed by atoms with Crippen LogP contribution in [-0.2, 0) is 13.6 Å². The average Bonchev–Trinajstić information content (AvgIpc) is 3.33. The molecule has 1 fully saturated rings. The number of nitro benzene ring substituents is 1. The van der Waals surface area contributed by atoms with Crippen molar-refractivity contribution in [1.82, 2.24) is 14.5 Å². The molecule has 0 radical (unpaired) electrons. The molecule has 1 aromatic heterocycles. The second kappa shape index (κ2) is 8.69. The van der Waals surface area contributed by atoms with E-state index in [9.17, 15) is 14.9 Å². The lowest BCUT2D eigenvalue weighted by Gasteiger charge is -2.19. The molecule has 160 valence electrons. The van der Waals surface area contributed by atoms with Crippen LogP contribution < -0.4 is 5.32 Å². The molecule has 0 aliphatic carbocycles. The number of rotatable bonds is 7. The number of aromatic nitrogens is 2. The van der Waals surface area contributed by atoms with Gasteiger partial charge in [-0.15, -0.1) is 0 Å². The molecule has 0 bridgehead atoms. The summed E-state index contributed by atoms with van der Waals surface area (Å²) >= 11 is 0. The number of nitrogens with zero attached hydrogens (tertiary/aromatic N) is 4. The zero-order valence-corrected chi connectivity index (χ0v) is 17.6. The number of hydrogen-bond donors (Lipinski definition) is 1. The predicted molar refractivity (Wildman–Crippen MR) is 118 cm³/mol. The van der Waals surface area contributed by atoms with Gasteiger partial charge in [0.1, 0.15) is 5.69 Å². The van der Waals surface area contributed by atoms with Crippen molar-refractivity contribution in [3.63, 3.8) is 0 Å². The topological polar surface area (TPSA) is 93.3 Å². The van der Waals surface area contributed by atoms with Crippen molar-refractivity contribution >= 4 is 17.2 Å². The lowest BCUT2D eigenvalue weighted by molar-refractivity contribution is -0.384. The van der Waals surface area contributed by atoms with Crippen molar-refractivity contribution in [1.29, 1.82) is 0 Å². The minimum absolute atomic E-state index is 0.0819. The van der Waals surface area contributed by atoms with Gasteiger partial charge in [-0.25, -0.2) is 4.98 Å². The number of likely N-dealkylation sites (tertiary alicyclic amines) is 1. The molecule has 2 heterocycles. The first-order valence-corrected chi connectivity index (χ1v) is 10.3. The highest BCUT2D eigenvalue weighted by atomic mass is 16.6. The van der Waals surface area contributed by atoms with Gasteiger partial charge in [0.15, 0.2) is 5.82 Å². The van der Waals surface area contributed by atoms with E-state index in [1.807, 2.05) is 18.2 Å². The molecular weight excluding hydrogens is 394 g/mol. The Balaban J connectivity index is 1.51. The van der Waals surface area contributed by atoms with Gasteiger partial charge in [0, 0.05) is 56.7 Å². The maximum Gasteiger partial charge on any atom is 0.293 e. The van der Waals surface area contributed by atoms with Crippen LogP contribution in [0.5, 0.6) is 0 Å². The van der Waals surface area contributed by atoms with Crippen LogP contribution in [0.25, 0.3) is 0 Å². The molecule has 2 aromatic carbocycles. The zero-order valence-electron chi connectivity index (χ0n) is 17.6. The SMILES string of the molecule is CC1CN(Cc2ccccc2)CC1Nc1ccc(C(=O)c2nccn2C)cc1[N+](=O)[O-]. The summed E-state index contributed by atoms with van der Waals surface area (Å²) in [4.78, 5) is 30.4. The van der Waals surface area contributed by atoms with Crippen LogP contribution in [0.2, 0.25) is 0 Å². The van der Waals surface area contributed by atoms with E-state index in [1.54, 1.807) is 29.9 Å². The highest BCUT2D eigenvalue weighted by Crippen LogP contribution is 2.30. The van der Waals surface area contributed by atoms with E-state index in [0.29, 0.717) is 11.6 Å². The van der Waals surface area contributed by atoms with E-state index in [4.69, 9.17) is 0 Å². The van der Waals surface area contributed by atoms with Crippen LogP contribution in [-0.4, -0.2) is 44.3 Å². The highest BCUT2D eigenvalue weighted by Gasteiger charge is 2.31. The number of carbonyl (C=O) groups is 1. The largest absolute Gasteiger partial charge is 0.375 e. The van der Waals surface area contributed by atoms with E-state index < -0.39 is 4.92 Å². The third kappa shape index (κ3) is 4.49. The molecule has 0 spiro atoms. The van der Waals surface area contributed by atoms with Crippen LogP contribution in [0.1, 0.15) is 28.7 Å². The minimum atomic E-state index is -0.446. The summed E-state index contributed by atoms with van der Waals surface area (Å²) in [5, 5.41) is 15.1. The van der Waals surface area contributed by atoms with Crippen molar-refractivity contribution in [2.75, 3.05) is 18.4 Å². The molecule has 31 heavy (non-hydrogen) atoms. The molecule has 3 aromatic rings. The minimum Gasteiger partial charge on any atom is -0.375 e. The first kappa shape index (κ1) is 20.7. The molecule has 8 nitrogen and oxygen atoms in total. The van der Waals surface area contributed by atoms with Crippen molar-refractivity contribution in [2.45, 2.75) is 19.5 Å². The summed E-state index contributed by atoms with van der Waals surface area (Å²) in [5.41, 5.74) is 1.82. The number of anilines is 1. The van der Waals surface area contributed by atoms with Gasteiger partial charge >= 0.3 is 0 Å². The summed E-state index contributed by atoms with van der Waals surface area (Å²) in [5.74, 6) is 0.235. The fourth-order valence-electron chi connectivity index (χ4n) is 4.09. The summed E-state index contributed by atoms with van der Waals surface area (Å²) in [6.45, 7) is 4.70. The van der Waals surface area contributed by atoms with Crippen LogP contribution >= 0.6 is 0 Å². The summed E-state index contributed by atoms with van der Waals surface area (Å²) in [7, 11) is 1.72. The first-order chi connectivity index (χ1) is 14.9. The second-order valence-electron chi connectivity index (χ2n) is 8.09. The Bertz CT molecular complexity index is 1100. The Kier molecular flexibility index (Phi) is 5.81. The molecule has 1 saturated heterocycles. The zero-order chi connectivity index (χ0) is 22.0. The van der Waals surface area contributed by atoms with E-state index in [-0.39, 0.29) is 28.9 Å². The average molecular weight is 419 g/mol. The van der Waals surface area contributed by atoms with Crippen molar-refractivity contribution in [3.05, 3.63) is 88.0 Å². The van der Waals surface area contributed by atoms with Gasteiger partial charge in [-0.2, -0.15) is 0 Å². The molecule has 1 aliphatic heterocycles. The van der Waals surface area contributed by atoms with E-state index >= 15 is 0 Å². The number of nitrogens with one attached hydrogen (secondary N) is 1. The number of imidazole rings is 1. The summed E-state index contributed by atoms with van der Waals surface area (Å²) in [6, 6.07) is 14.9. The fourth-order valence-corrected chi connectivity index (χ4v) is 4.09. The normalized spacial score (nSPS) is 18.8. The molecule has 0 saturated carbocycles. The van der Waals surface area contributed by atoms with Crippen LogP contribution in [0.4, 0.5) is 11.4 Å². The molecule has 8 heteroatoms. The predicted octanol–water partition coefficient (Wildman–Crippen LogP) is 3.49. The molecular formula is C23H25N5O3. The van der Waals surface area contributed by atoms with Crippen LogP contribution in [0, 0.1) is 16.0 Å². The molecule has 2 atom stereocenters. The van der Waals surface area contributed by atoms with Gasteiger partial charge in [0.2, 0.25) is 5.78 Å². The molecule has 2 unspecified atom stereocenters. The fraction of sp³-hybridized carbons (Fsp3) is 0.304. The molecule has 4 rings (SSSR count). The lowest BCUT2D eigenvalue weighted by Crippen LogP contribution is -2.28. The number of hydrogen-bond acceptors (Lipinski definition) is 6. The quantitative estimate of drug-likeness (QED) is 0.358. The van der Waals surface area contributed by atoms with Gasteiger partial charge in [-0.3, -0.25) is 19.8 Å². The van der Waals surface area contributed by atoms with Gasteiger partial charge in [-0.05, 0) is 23.6 Å². The van der Waals surface area contributed by atoms with Gasteiger partial charge in [-0.1, -0.05) is 37.3 Å². The Hall–Kier alpha value is -3.52. The van der Waals surface area contributed by atoms with Crippen molar-refractivity contribution in [2.24, 2.45) is 13.0 Å². The Morgan fingerprint density at radius 3 is 2.68 bits per heavy atom. The van der Waals surface area contributed by atoms with Crippen LogP contribution in [0.15, 0.2) is 60.9 Å². The third-order valence-corrected chi connectivity index (χ3v) is 5.76. The first-order valence-electron chi connectivity index (χ1n) is 10.3. The van der Waals surface area contributed by atoms with Crippen molar-refractivity contribution in [3.8, 4) is 0 Å². The molecule has 0 amide bonds. The van der Waals surface area contributed by atoms with Crippen LogP contribution in [0.3, 0.4) is 0 Å². The standard InChI is InChI=1S/C23H25N5O3/c1-16-13-27(14-17-6-4-3-5-7-17)15-20(16)25-19-9-8-18(12-21(19)28(30)31)22(29)23-24-10-11-26(23)2/h3-12,16,20,25H,13-15H2,1-2H3. The number of aryl methyl sites for hydroxylation is 1. The summed E-state index contributed by atoms with van der Waals surface area (Å²) < 4.78 is 1.60.